The number of hydrogen-bond acceptors (Lipinski definition) is 6. The van der Waals surface area contributed by atoms with Gasteiger partial charge in [0.25, 0.3) is 0 Å². The van der Waals surface area contributed by atoms with Crippen molar-refractivity contribution < 1.29 is 18.0 Å². The van der Waals surface area contributed by atoms with Gasteiger partial charge in [-0.1, -0.05) is 13.3 Å². The van der Waals surface area contributed by atoms with Crippen LogP contribution in [0, 0.1) is 5.92 Å². The highest BCUT2D eigenvalue weighted by molar-refractivity contribution is 8.00. The van der Waals surface area contributed by atoms with Crippen LogP contribution in [0.25, 0.3) is 0 Å². The largest absolute Gasteiger partial charge is 0.353 e. The Morgan fingerprint density at radius 2 is 1.88 bits per heavy atom. The highest BCUT2D eigenvalue weighted by Gasteiger charge is 2.32. The molecule has 2 amide bonds. The molecule has 3 heterocycles. The van der Waals surface area contributed by atoms with Gasteiger partial charge in [0.1, 0.15) is 6.54 Å². The molecule has 10 heteroatoms. The van der Waals surface area contributed by atoms with Gasteiger partial charge in [-0.15, -0.1) is 11.8 Å². The van der Waals surface area contributed by atoms with Crippen molar-refractivity contribution in [2.45, 2.75) is 61.8 Å². The smallest absolute Gasteiger partial charge is 0.243 e. The number of amides is 2. The van der Waals surface area contributed by atoms with E-state index in [0.717, 1.165) is 30.8 Å². The van der Waals surface area contributed by atoms with Gasteiger partial charge >= 0.3 is 0 Å². The molecule has 2 saturated heterocycles. The van der Waals surface area contributed by atoms with Crippen LogP contribution in [0.5, 0.6) is 0 Å². The van der Waals surface area contributed by atoms with Gasteiger partial charge in [-0.05, 0) is 63.3 Å². The summed E-state index contributed by atoms with van der Waals surface area (Å²) in [5.74, 6) is 0.353. The van der Waals surface area contributed by atoms with Crippen molar-refractivity contribution in [2.24, 2.45) is 5.92 Å². The van der Waals surface area contributed by atoms with Gasteiger partial charge in [-0.25, -0.2) is 8.42 Å². The topological polar surface area (TPSA) is 90.0 Å². The van der Waals surface area contributed by atoms with Gasteiger partial charge < -0.3 is 10.2 Å². The van der Waals surface area contributed by atoms with Crippen molar-refractivity contribution in [3.05, 3.63) is 18.2 Å². The van der Waals surface area contributed by atoms with E-state index in [1.54, 1.807) is 18.2 Å². The highest BCUT2D eigenvalue weighted by Crippen LogP contribution is 2.37. The van der Waals surface area contributed by atoms with Gasteiger partial charge in [-0.3, -0.25) is 14.5 Å². The summed E-state index contributed by atoms with van der Waals surface area (Å²) in [4.78, 5) is 30.2. The van der Waals surface area contributed by atoms with Crippen LogP contribution < -0.4 is 10.2 Å². The molecule has 1 N–H and O–H groups in total. The van der Waals surface area contributed by atoms with Gasteiger partial charge in [0.2, 0.25) is 21.8 Å². The maximum atomic E-state index is 13.2. The minimum absolute atomic E-state index is 0.104. The number of nitrogens with zero attached hydrogens (tertiary/aromatic N) is 3. The summed E-state index contributed by atoms with van der Waals surface area (Å²) in [6, 6.07) is 5.47. The molecule has 34 heavy (non-hydrogen) atoms. The highest BCUT2D eigenvalue weighted by atomic mass is 32.2. The number of piperidine rings is 2. The zero-order valence-electron chi connectivity index (χ0n) is 20.2. The first-order chi connectivity index (χ1) is 16.3. The summed E-state index contributed by atoms with van der Waals surface area (Å²) in [6.45, 7) is 7.66. The third-order valence-electron chi connectivity index (χ3n) is 7.22. The van der Waals surface area contributed by atoms with Crippen LogP contribution in [0.3, 0.4) is 0 Å². The molecule has 2 fully saturated rings. The molecule has 0 saturated carbocycles. The summed E-state index contributed by atoms with van der Waals surface area (Å²) in [5, 5.41) is 2.94. The molecule has 1 atom stereocenters. The summed E-state index contributed by atoms with van der Waals surface area (Å²) in [7, 11) is -3.64. The van der Waals surface area contributed by atoms with E-state index in [4.69, 9.17) is 0 Å². The Bertz CT molecular complexity index is 1010. The standard InChI is InChI=1S/C24H36N4O4S2/c1-18-8-12-27(13-9-18)34(31,32)20-6-7-22-21(15-20)28(24(30)17-33-22)16-23(29)25-10-14-26-11-4-3-5-19(26)2/h6-7,15,18-19H,3-5,8-14,16-17H2,1-2H3,(H,25,29)/t19-/m1/s1. The van der Waals surface area contributed by atoms with Crippen molar-refractivity contribution >= 4 is 39.3 Å². The van der Waals surface area contributed by atoms with Crippen molar-refractivity contribution in [3.8, 4) is 0 Å². The molecule has 3 aliphatic heterocycles. The molecule has 0 unspecified atom stereocenters. The zero-order chi connectivity index (χ0) is 24.3. The van der Waals surface area contributed by atoms with Crippen LogP contribution >= 0.6 is 11.8 Å². The molecule has 0 radical (unpaired) electrons. The van der Waals surface area contributed by atoms with Crippen molar-refractivity contribution in [1.82, 2.24) is 14.5 Å². The first kappa shape index (κ1) is 25.5. The van der Waals surface area contributed by atoms with E-state index in [9.17, 15) is 18.0 Å². The number of nitrogens with one attached hydrogen (secondary N) is 1. The van der Waals surface area contributed by atoms with Crippen LogP contribution in [0.4, 0.5) is 5.69 Å². The fourth-order valence-corrected chi connectivity index (χ4v) is 7.32. The molecule has 8 nitrogen and oxygen atoms in total. The van der Waals surface area contributed by atoms with E-state index < -0.39 is 10.0 Å². The molecule has 0 aromatic heterocycles. The van der Waals surface area contributed by atoms with Gasteiger partial charge in [0, 0.05) is 37.1 Å². The maximum absolute atomic E-state index is 13.2. The molecule has 188 valence electrons. The van der Waals surface area contributed by atoms with Crippen LogP contribution in [0.15, 0.2) is 28.0 Å². The number of rotatable bonds is 7. The van der Waals surface area contributed by atoms with Crippen LogP contribution in [0.2, 0.25) is 0 Å². The molecule has 4 rings (SSSR count). The lowest BCUT2D eigenvalue weighted by Crippen LogP contribution is -2.46. The molecule has 1 aromatic carbocycles. The van der Waals surface area contributed by atoms with Gasteiger partial charge in [-0.2, -0.15) is 4.31 Å². The quantitative estimate of drug-likeness (QED) is 0.609. The summed E-state index contributed by atoms with van der Waals surface area (Å²) in [5.41, 5.74) is 0.507. The Morgan fingerprint density at radius 3 is 2.62 bits per heavy atom. The molecular formula is C24H36N4O4S2. The van der Waals surface area contributed by atoms with E-state index in [1.165, 1.54) is 40.2 Å². The van der Waals surface area contributed by atoms with Crippen molar-refractivity contribution in [3.63, 3.8) is 0 Å². The predicted molar refractivity (Wildman–Crippen MR) is 135 cm³/mol. The third kappa shape index (κ3) is 5.78. The Kier molecular flexibility index (Phi) is 8.22. The molecule has 1 aromatic rings. The normalized spacial score (nSPS) is 23.1. The number of carbonyl (C=O) groups is 2. The Hall–Kier alpha value is -1.62. The second-order valence-electron chi connectivity index (χ2n) is 9.72. The first-order valence-corrected chi connectivity index (χ1v) is 14.8. The fourth-order valence-electron chi connectivity index (χ4n) is 4.92. The number of sulfonamides is 1. The average molecular weight is 509 g/mol. The lowest BCUT2D eigenvalue weighted by atomic mass is 10.0. The summed E-state index contributed by atoms with van der Waals surface area (Å²) < 4.78 is 28.0. The SMILES string of the molecule is CC1CCN(S(=O)(=O)c2ccc3c(c2)N(CC(=O)NCCN2CCCC[C@H]2C)C(=O)CS3)CC1. The lowest BCUT2D eigenvalue weighted by molar-refractivity contribution is -0.123. The van der Waals surface area contributed by atoms with Crippen LogP contribution in [-0.2, 0) is 19.6 Å². The van der Waals surface area contributed by atoms with Gasteiger partial charge in [0.05, 0.1) is 16.3 Å². The number of anilines is 1. The van der Waals surface area contributed by atoms with E-state index in [2.05, 4.69) is 24.1 Å². The Labute approximate surface area is 207 Å². The monoisotopic (exact) mass is 508 g/mol. The van der Waals surface area contributed by atoms with Crippen molar-refractivity contribution in [1.29, 1.82) is 0 Å². The molecule has 3 aliphatic rings. The average Bonchev–Trinajstić information content (AvgIpc) is 2.82. The number of thioether (sulfide) groups is 1. The zero-order valence-corrected chi connectivity index (χ0v) is 21.8. The Morgan fingerprint density at radius 1 is 1.12 bits per heavy atom. The molecule has 0 bridgehead atoms. The van der Waals surface area contributed by atoms with Crippen molar-refractivity contribution in [2.75, 3.05) is 49.9 Å². The second-order valence-corrected chi connectivity index (χ2v) is 12.7. The number of carbonyl (C=O) groups excluding carboxylic acids is 2. The minimum atomic E-state index is -3.64. The number of likely N-dealkylation sites (tertiary alicyclic amines) is 1. The number of benzene rings is 1. The Balaban J connectivity index is 1.43. The molecule has 0 aliphatic carbocycles. The number of hydrogen-bond donors (Lipinski definition) is 1. The predicted octanol–water partition coefficient (Wildman–Crippen LogP) is 2.54. The maximum Gasteiger partial charge on any atom is 0.243 e. The second kappa shape index (κ2) is 11.0. The lowest BCUT2D eigenvalue weighted by Gasteiger charge is -2.33. The van der Waals surface area contributed by atoms with E-state index >= 15 is 0 Å². The fraction of sp³-hybridized carbons (Fsp3) is 0.667. The third-order valence-corrected chi connectivity index (χ3v) is 10.2. The van der Waals surface area contributed by atoms with E-state index in [-0.39, 0.29) is 29.0 Å². The number of fused-ring (bicyclic) bond motifs is 1. The van der Waals surface area contributed by atoms with E-state index in [1.807, 2.05) is 0 Å². The first-order valence-electron chi connectivity index (χ1n) is 12.3. The molecular weight excluding hydrogens is 472 g/mol. The van der Waals surface area contributed by atoms with Gasteiger partial charge in [0.15, 0.2) is 0 Å². The summed E-state index contributed by atoms with van der Waals surface area (Å²) >= 11 is 1.38. The molecule has 0 spiro atoms. The minimum Gasteiger partial charge on any atom is -0.353 e. The van der Waals surface area contributed by atoms with Crippen LogP contribution in [-0.4, -0.2) is 80.5 Å². The van der Waals surface area contributed by atoms with E-state index in [0.29, 0.717) is 37.3 Å². The van der Waals surface area contributed by atoms with Crippen LogP contribution in [0.1, 0.15) is 46.0 Å². The summed E-state index contributed by atoms with van der Waals surface area (Å²) in [6.07, 6.45) is 5.33.